The average Bonchev–Trinajstić information content (AvgIpc) is 2.89. The van der Waals surface area contributed by atoms with Crippen LogP contribution in [0, 0.1) is 11.3 Å². The summed E-state index contributed by atoms with van der Waals surface area (Å²) in [6.07, 6.45) is 5.27. The Morgan fingerprint density at radius 3 is 2.19 bits per heavy atom. The molecule has 1 spiro atoms. The third-order valence-corrected chi connectivity index (χ3v) is 7.83. The van der Waals surface area contributed by atoms with Gasteiger partial charge in [-0.15, -0.1) is 0 Å². The topological polar surface area (TPSA) is 34.1 Å². The molecule has 2 aliphatic rings. The van der Waals surface area contributed by atoms with Crippen LogP contribution in [0.15, 0.2) is 88.9 Å². The van der Waals surface area contributed by atoms with Gasteiger partial charge in [0.25, 0.3) is 0 Å². The van der Waals surface area contributed by atoms with Crippen molar-refractivity contribution in [3.63, 3.8) is 0 Å². The van der Waals surface area contributed by atoms with Crippen LogP contribution in [0.3, 0.4) is 0 Å². The molecule has 0 aromatic heterocycles. The van der Waals surface area contributed by atoms with Gasteiger partial charge in [0.05, 0.1) is 0 Å². The number of carbonyl (C=O) groups is 2. The Morgan fingerprint density at radius 2 is 1.56 bits per heavy atom. The predicted molar refractivity (Wildman–Crippen MR) is 110 cm³/mol. The third-order valence-electron chi connectivity index (χ3n) is 5.49. The Morgan fingerprint density at radius 1 is 0.926 bits per heavy atom. The summed E-state index contributed by atoms with van der Waals surface area (Å²) in [4.78, 5) is 25.4. The monoisotopic (exact) mass is 420 g/mol. The minimum absolute atomic E-state index is 0.00722. The van der Waals surface area contributed by atoms with Crippen molar-refractivity contribution in [3.8, 4) is 0 Å². The van der Waals surface area contributed by atoms with Crippen molar-refractivity contribution < 1.29 is 9.59 Å². The zero-order chi connectivity index (χ0) is 19.0. The number of Topliss-reactive ketones (excluding diaryl/α,β-unsaturated/α-hetero) is 1. The first-order valence-corrected chi connectivity index (χ1v) is 10.7. The summed E-state index contributed by atoms with van der Waals surface area (Å²) >= 11 is -0.0865. The van der Waals surface area contributed by atoms with Crippen LogP contribution in [0.1, 0.15) is 19.4 Å². The van der Waals surface area contributed by atoms with Crippen LogP contribution in [-0.2, 0) is 9.59 Å². The molecule has 3 heteroatoms. The molecule has 2 aromatic carbocycles. The quantitative estimate of drug-likeness (QED) is 0.711. The van der Waals surface area contributed by atoms with Crippen molar-refractivity contribution in [1.29, 1.82) is 0 Å². The first-order valence-electron chi connectivity index (χ1n) is 9.03. The maximum atomic E-state index is 13.4. The maximum absolute atomic E-state index is 13.4. The summed E-state index contributed by atoms with van der Waals surface area (Å²) in [5.41, 5.74) is 2.56. The van der Waals surface area contributed by atoms with Gasteiger partial charge in [0.1, 0.15) is 0 Å². The van der Waals surface area contributed by atoms with Crippen molar-refractivity contribution in [1.82, 2.24) is 0 Å². The van der Waals surface area contributed by atoms with Crippen LogP contribution in [0.25, 0.3) is 5.57 Å². The van der Waals surface area contributed by atoms with Crippen molar-refractivity contribution in [2.75, 3.05) is 0 Å². The van der Waals surface area contributed by atoms with E-state index in [-0.39, 0.29) is 32.4 Å². The number of carbonyl (C=O) groups excluding carboxylic acids is 2. The Bertz CT molecular complexity index is 999. The summed E-state index contributed by atoms with van der Waals surface area (Å²) in [6.45, 7) is 3.98. The first kappa shape index (κ1) is 17.9. The minimum atomic E-state index is -0.530. The molecule has 0 amide bonds. The van der Waals surface area contributed by atoms with E-state index in [0.717, 1.165) is 21.2 Å². The van der Waals surface area contributed by atoms with Gasteiger partial charge in [-0.2, -0.15) is 0 Å². The van der Waals surface area contributed by atoms with Crippen molar-refractivity contribution in [2.24, 2.45) is 11.3 Å². The summed E-state index contributed by atoms with van der Waals surface area (Å²) in [7, 11) is 0. The van der Waals surface area contributed by atoms with Gasteiger partial charge in [-0.3, -0.25) is 0 Å². The Hall–Kier alpha value is -2.48. The molecule has 0 saturated heterocycles. The van der Waals surface area contributed by atoms with Crippen molar-refractivity contribution in [2.45, 2.75) is 13.8 Å². The molecule has 0 heterocycles. The number of ketones is 2. The summed E-state index contributed by atoms with van der Waals surface area (Å²) in [6, 6.07) is 20.3. The number of hydrogen-bond acceptors (Lipinski definition) is 2. The van der Waals surface area contributed by atoms with Crippen LogP contribution < -0.4 is 4.46 Å². The molecule has 0 saturated carbocycles. The molecule has 2 aromatic rings. The van der Waals surface area contributed by atoms with Gasteiger partial charge in [0.15, 0.2) is 0 Å². The molecule has 0 fully saturated rings. The summed E-state index contributed by atoms with van der Waals surface area (Å²) in [5, 5.41) is 0. The van der Waals surface area contributed by atoms with Gasteiger partial charge in [-0.1, -0.05) is 0 Å². The van der Waals surface area contributed by atoms with E-state index in [1.807, 2.05) is 56.3 Å². The molecule has 2 unspecified atom stereocenters. The normalized spacial score (nSPS) is 24.7. The number of hydrogen-bond donors (Lipinski definition) is 0. The van der Waals surface area contributed by atoms with E-state index in [1.54, 1.807) is 12.2 Å². The molecule has 134 valence electrons. The molecule has 0 aliphatic heterocycles. The second-order valence-electron chi connectivity index (χ2n) is 7.00. The molecule has 2 atom stereocenters. The zero-order valence-electron chi connectivity index (χ0n) is 15.3. The molecule has 2 aliphatic carbocycles. The summed E-state index contributed by atoms with van der Waals surface area (Å²) in [5.74, 6) is -0.0226. The van der Waals surface area contributed by atoms with Crippen molar-refractivity contribution in [3.05, 3.63) is 94.5 Å². The van der Waals surface area contributed by atoms with E-state index in [2.05, 4.69) is 24.3 Å². The van der Waals surface area contributed by atoms with Crippen LogP contribution >= 0.6 is 0 Å². The van der Waals surface area contributed by atoms with E-state index >= 15 is 0 Å². The van der Waals surface area contributed by atoms with Crippen LogP contribution in [0.4, 0.5) is 0 Å². The van der Waals surface area contributed by atoms with E-state index in [4.69, 9.17) is 0 Å². The van der Waals surface area contributed by atoms with Gasteiger partial charge in [0, 0.05) is 0 Å². The predicted octanol–water partition coefficient (Wildman–Crippen LogP) is 3.72. The fourth-order valence-corrected chi connectivity index (χ4v) is 6.61. The SMILES string of the molecule is CC1=CC(=O)C=CC12C(c1ccccc1)=C([Se]c1ccccc1)C(=O)C2C. The second kappa shape index (κ2) is 6.92. The standard InChI is InChI=1S/C24H20O2Se/c1-16-15-19(25)13-14-24(16)17(2)22(26)23(27-20-11-7-4-8-12-20)21(24)18-9-5-3-6-10-18/h3-15,17H,1-2H3. The van der Waals surface area contributed by atoms with Crippen molar-refractivity contribution >= 4 is 36.6 Å². The van der Waals surface area contributed by atoms with E-state index in [9.17, 15) is 9.59 Å². The van der Waals surface area contributed by atoms with E-state index < -0.39 is 5.41 Å². The number of benzene rings is 2. The Kier molecular flexibility index (Phi) is 4.59. The van der Waals surface area contributed by atoms with Crippen LogP contribution in [0.2, 0.25) is 0 Å². The van der Waals surface area contributed by atoms with Gasteiger partial charge >= 0.3 is 166 Å². The van der Waals surface area contributed by atoms with Gasteiger partial charge in [0.2, 0.25) is 0 Å². The molecule has 2 nitrogen and oxygen atoms in total. The molecule has 0 N–H and O–H groups in total. The zero-order valence-corrected chi connectivity index (χ0v) is 17.0. The average molecular weight is 419 g/mol. The van der Waals surface area contributed by atoms with Gasteiger partial charge in [-0.25, -0.2) is 0 Å². The van der Waals surface area contributed by atoms with Crippen LogP contribution in [-0.4, -0.2) is 26.5 Å². The molecule has 0 bridgehead atoms. The molecule has 4 rings (SSSR count). The molecule has 0 radical (unpaired) electrons. The molecular formula is C24H20O2Se. The van der Waals surface area contributed by atoms with Crippen LogP contribution in [0.5, 0.6) is 0 Å². The molecular weight excluding hydrogens is 399 g/mol. The first-order chi connectivity index (χ1) is 13.0. The number of rotatable bonds is 3. The molecule has 27 heavy (non-hydrogen) atoms. The number of allylic oxidation sites excluding steroid dienone is 6. The van der Waals surface area contributed by atoms with Gasteiger partial charge in [-0.05, 0) is 0 Å². The van der Waals surface area contributed by atoms with Gasteiger partial charge < -0.3 is 0 Å². The third kappa shape index (κ3) is 2.88. The second-order valence-corrected chi connectivity index (χ2v) is 9.28. The summed E-state index contributed by atoms with van der Waals surface area (Å²) < 4.78 is 2.10. The Balaban J connectivity index is 1.97. The fourth-order valence-electron chi connectivity index (χ4n) is 4.11. The fraction of sp³-hybridized carbons (Fsp3) is 0.167. The van der Waals surface area contributed by atoms with E-state index in [0.29, 0.717) is 0 Å². The van der Waals surface area contributed by atoms with E-state index in [1.165, 1.54) is 4.46 Å². The Labute approximate surface area is 165 Å².